The van der Waals surface area contributed by atoms with Crippen LogP contribution in [0.5, 0.6) is 0 Å². The second kappa shape index (κ2) is 5.00. The normalized spacial score (nSPS) is 17.6. The lowest BCUT2D eigenvalue weighted by Crippen LogP contribution is -2.17. The second-order valence-corrected chi connectivity index (χ2v) is 6.00. The van der Waals surface area contributed by atoms with E-state index in [1.54, 1.807) is 18.5 Å². The third-order valence-corrected chi connectivity index (χ3v) is 4.33. The quantitative estimate of drug-likeness (QED) is 0.818. The number of benzene rings is 1. The number of nitrogens with zero attached hydrogens (tertiary/aromatic N) is 2. The van der Waals surface area contributed by atoms with Crippen LogP contribution in [-0.4, -0.2) is 9.78 Å². The van der Waals surface area contributed by atoms with Gasteiger partial charge in [0.05, 0.1) is 0 Å². The summed E-state index contributed by atoms with van der Waals surface area (Å²) in [7, 11) is 0. The Balaban J connectivity index is 2.00. The van der Waals surface area contributed by atoms with Gasteiger partial charge in [-0.1, -0.05) is 19.8 Å². The Morgan fingerprint density at radius 3 is 2.65 bits per heavy atom. The van der Waals surface area contributed by atoms with E-state index in [0.717, 1.165) is 25.7 Å². The Kier molecular flexibility index (Phi) is 3.32. The Morgan fingerprint density at radius 1 is 1.25 bits per heavy atom. The maximum absolute atomic E-state index is 14.6. The summed E-state index contributed by atoms with van der Waals surface area (Å²) in [5.41, 5.74) is 0.528. The van der Waals surface area contributed by atoms with E-state index in [2.05, 4.69) is 12.0 Å². The number of rotatable bonds is 3. The smallest absolute Gasteiger partial charge is 0.154 e. The van der Waals surface area contributed by atoms with Crippen LogP contribution in [0.3, 0.4) is 0 Å². The maximum Gasteiger partial charge on any atom is 0.154 e. The third kappa shape index (κ3) is 2.35. The molecule has 0 spiro atoms. The molecular formula is C16H18F2N2. The van der Waals surface area contributed by atoms with Gasteiger partial charge in [0.15, 0.2) is 5.82 Å². The molecule has 3 rings (SSSR count). The highest BCUT2D eigenvalue weighted by Gasteiger charge is 2.31. The van der Waals surface area contributed by atoms with Crippen molar-refractivity contribution in [1.82, 2.24) is 9.78 Å². The highest BCUT2D eigenvalue weighted by atomic mass is 19.1. The van der Waals surface area contributed by atoms with Gasteiger partial charge in [-0.25, -0.2) is 13.5 Å². The molecule has 2 nitrogen and oxygen atoms in total. The molecule has 0 aliphatic heterocycles. The molecule has 0 saturated heterocycles. The first-order chi connectivity index (χ1) is 9.59. The van der Waals surface area contributed by atoms with Crippen molar-refractivity contribution < 1.29 is 8.78 Å². The highest BCUT2D eigenvalue weighted by Crippen LogP contribution is 2.41. The molecule has 0 amide bonds. The fourth-order valence-electron chi connectivity index (χ4n) is 3.17. The van der Waals surface area contributed by atoms with Crippen molar-refractivity contribution in [1.29, 1.82) is 0 Å². The summed E-state index contributed by atoms with van der Waals surface area (Å²) in [5.74, 6) is -0.937. The molecule has 1 aliphatic carbocycles. The van der Waals surface area contributed by atoms with Crippen molar-refractivity contribution in [2.75, 3.05) is 0 Å². The fourth-order valence-corrected chi connectivity index (χ4v) is 3.17. The Morgan fingerprint density at radius 2 is 2.00 bits per heavy atom. The van der Waals surface area contributed by atoms with E-state index in [4.69, 9.17) is 0 Å². The number of aromatic nitrogens is 2. The molecule has 0 radical (unpaired) electrons. The summed E-state index contributed by atoms with van der Waals surface area (Å²) in [6, 6.07) is 4.51. The molecular weight excluding hydrogens is 258 g/mol. The zero-order valence-corrected chi connectivity index (χ0v) is 11.6. The van der Waals surface area contributed by atoms with Crippen LogP contribution in [0.15, 0.2) is 30.6 Å². The number of hydrogen-bond acceptors (Lipinski definition) is 1. The van der Waals surface area contributed by atoms with Gasteiger partial charge in [-0.2, -0.15) is 5.10 Å². The summed E-state index contributed by atoms with van der Waals surface area (Å²) in [5, 5.41) is 4.02. The first-order valence-electron chi connectivity index (χ1n) is 7.06. The van der Waals surface area contributed by atoms with Gasteiger partial charge < -0.3 is 0 Å². The molecule has 0 bridgehead atoms. The van der Waals surface area contributed by atoms with E-state index in [1.165, 1.54) is 16.8 Å². The van der Waals surface area contributed by atoms with E-state index in [-0.39, 0.29) is 11.0 Å². The van der Waals surface area contributed by atoms with E-state index in [9.17, 15) is 8.78 Å². The molecule has 0 N–H and O–H groups in total. The van der Waals surface area contributed by atoms with Crippen LogP contribution in [0.4, 0.5) is 8.78 Å². The minimum absolute atomic E-state index is 0.0183. The molecule has 106 valence electrons. The highest BCUT2D eigenvalue weighted by molar-refractivity contribution is 5.38. The van der Waals surface area contributed by atoms with E-state index < -0.39 is 11.6 Å². The lowest BCUT2D eigenvalue weighted by Gasteiger charge is -2.24. The fraction of sp³-hybridized carbons (Fsp3) is 0.438. The molecule has 2 aromatic rings. The average Bonchev–Trinajstić information content (AvgIpc) is 3.07. The Bertz CT molecular complexity index is 599. The van der Waals surface area contributed by atoms with Gasteiger partial charge in [-0.15, -0.1) is 0 Å². The zero-order valence-electron chi connectivity index (χ0n) is 11.6. The summed E-state index contributed by atoms with van der Waals surface area (Å²) in [6.07, 6.45) is 8.09. The largest absolute Gasteiger partial charge is 0.238 e. The topological polar surface area (TPSA) is 17.8 Å². The molecule has 1 aromatic carbocycles. The predicted octanol–water partition coefficient (Wildman–Crippen LogP) is 4.27. The second-order valence-electron chi connectivity index (χ2n) is 6.00. The van der Waals surface area contributed by atoms with Gasteiger partial charge in [0, 0.05) is 18.0 Å². The summed E-state index contributed by atoms with van der Waals surface area (Å²) >= 11 is 0. The van der Waals surface area contributed by atoms with Gasteiger partial charge in [-0.05, 0) is 42.9 Å². The van der Waals surface area contributed by atoms with Crippen molar-refractivity contribution in [3.05, 3.63) is 47.8 Å². The Labute approximate surface area is 117 Å². The van der Waals surface area contributed by atoms with Gasteiger partial charge in [0.25, 0.3) is 0 Å². The molecule has 1 fully saturated rings. The lowest BCUT2D eigenvalue weighted by atomic mass is 9.82. The van der Waals surface area contributed by atoms with Crippen molar-refractivity contribution in [2.45, 2.75) is 39.0 Å². The van der Waals surface area contributed by atoms with E-state index in [1.807, 2.05) is 0 Å². The van der Waals surface area contributed by atoms with Gasteiger partial charge in [0.1, 0.15) is 11.5 Å². The molecule has 20 heavy (non-hydrogen) atoms. The summed E-state index contributed by atoms with van der Waals surface area (Å²) in [4.78, 5) is 0. The first kappa shape index (κ1) is 13.3. The first-order valence-corrected chi connectivity index (χ1v) is 7.06. The van der Waals surface area contributed by atoms with E-state index >= 15 is 0 Å². The predicted molar refractivity (Wildman–Crippen MR) is 73.8 cm³/mol. The third-order valence-electron chi connectivity index (χ3n) is 4.33. The summed E-state index contributed by atoms with van der Waals surface area (Å²) in [6.45, 7) is 2.12. The zero-order chi connectivity index (χ0) is 14.2. The Hall–Kier alpha value is -1.71. The maximum atomic E-state index is 14.6. The average molecular weight is 276 g/mol. The van der Waals surface area contributed by atoms with Crippen LogP contribution in [0, 0.1) is 17.0 Å². The SMILES string of the molecule is CC1(Cc2c(F)ccc(-n3cccn3)c2F)CCCC1. The molecule has 1 saturated carbocycles. The van der Waals surface area contributed by atoms with Gasteiger partial charge >= 0.3 is 0 Å². The van der Waals surface area contributed by atoms with Crippen molar-refractivity contribution in [2.24, 2.45) is 5.41 Å². The molecule has 1 aliphatic rings. The van der Waals surface area contributed by atoms with Gasteiger partial charge in [0.2, 0.25) is 0 Å². The standard InChI is InChI=1S/C16H18F2N2/c1-16(7-2-3-8-16)11-12-13(17)5-6-14(15(12)18)20-10-4-9-19-20/h4-6,9-10H,2-3,7-8,11H2,1H3. The molecule has 0 atom stereocenters. The minimum atomic E-state index is -0.484. The van der Waals surface area contributed by atoms with E-state index in [0.29, 0.717) is 12.1 Å². The van der Waals surface area contributed by atoms with Crippen LogP contribution >= 0.6 is 0 Å². The van der Waals surface area contributed by atoms with Gasteiger partial charge in [-0.3, -0.25) is 0 Å². The van der Waals surface area contributed by atoms with Crippen LogP contribution < -0.4 is 0 Å². The van der Waals surface area contributed by atoms with Crippen molar-refractivity contribution in [3.8, 4) is 5.69 Å². The minimum Gasteiger partial charge on any atom is -0.238 e. The van der Waals surface area contributed by atoms with Crippen LogP contribution in [-0.2, 0) is 6.42 Å². The summed E-state index contributed by atoms with van der Waals surface area (Å²) < 4.78 is 30.1. The molecule has 4 heteroatoms. The molecule has 1 aromatic heterocycles. The molecule has 0 unspecified atom stereocenters. The number of hydrogen-bond donors (Lipinski definition) is 0. The lowest BCUT2D eigenvalue weighted by molar-refractivity contribution is 0.323. The van der Waals surface area contributed by atoms with Crippen LogP contribution in [0.25, 0.3) is 5.69 Å². The molecule has 1 heterocycles. The van der Waals surface area contributed by atoms with Crippen molar-refractivity contribution >= 4 is 0 Å². The van der Waals surface area contributed by atoms with Crippen LogP contribution in [0.1, 0.15) is 38.2 Å². The number of halogens is 2. The van der Waals surface area contributed by atoms with Crippen molar-refractivity contribution in [3.63, 3.8) is 0 Å². The monoisotopic (exact) mass is 276 g/mol. The van der Waals surface area contributed by atoms with Crippen LogP contribution in [0.2, 0.25) is 0 Å².